The number of nitrogens with zero attached hydrogens (tertiary/aromatic N) is 1. The van der Waals surface area contributed by atoms with E-state index in [1.54, 1.807) is 0 Å². The summed E-state index contributed by atoms with van der Waals surface area (Å²) in [7, 11) is 0. The predicted octanol–water partition coefficient (Wildman–Crippen LogP) is 2.43. The predicted molar refractivity (Wildman–Crippen MR) is 58.5 cm³/mol. The molecule has 2 rings (SSSR count). The molecule has 0 aromatic heterocycles. The molecule has 0 radical (unpaired) electrons. The summed E-state index contributed by atoms with van der Waals surface area (Å²) in [5.74, 6) is 0. The van der Waals surface area contributed by atoms with Crippen molar-refractivity contribution in [2.24, 2.45) is 0 Å². The molecule has 3 unspecified atom stereocenters. The fraction of sp³-hybridized carbons (Fsp3) is 1.00. The number of rotatable bonds is 5. The minimum atomic E-state index is 0.565. The van der Waals surface area contributed by atoms with Gasteiger partial charge >= 0.3 is 0 Å². The lowest BCUT2D eigenvalue weighted by atomic mass is 10.0. The third-order valence-electron chi connectivity index (χ3n) is 3.77. The Morgan fingerprint density at radius 2 is 2.29 bits per heavy atom. The van der Waals surface area contributed by atoms with Gasteiger partial charge in [0.25, 0.3) is 0 Å². The summed E-state index contributed by atoms with van der Waals surface area (Å²) in [6.45, 7) is 6.80. The molecule has 2 fully saturated rings. The molecule has 2 aliphatic rings. The molecule has 2 bridgehead atoms. The highest BCUT2D eigenvalue weighted by Gasteiger charge is 2.41. The zero-order valence-corrected chi connectivity index (χ0v) is 9.54. The topological polar surface area (TPSA) is 12.5 Å². The molecule has 2 heteroatoms. The van der Waals surface area contributed by atoms with Gasteiger partial charge in [0.15, 0.2) is 0 Å². The number of hydrogen-bond donors (Lipinski definition) is 0. The lowest BCUT2D eigenvalue weighted by molar-refractivity contribution is 0.00848. The van der Waals surface area contributed by atoms with Crippen molar-refractivity contribution < 1.29 is 4.74 Å². The number of likely N-dealkylation sites (tertiary alicyclic amines) is 1. The Morgan fingerprint density at radius 3 is 2.79 bits per heavy atom. The number of unbranched alkanes of at least 4 members (excludes halogenated alkanes) is 1. The van der Waals surface area contributed by atoms with Gasteiger partial charge in [-0.1, -0.05) is 26.7 Å². The van der Waals surface area contributed by atoms with E-state index in [2.05, 4.69) is 18.7 Å². The maximum absolute atomic E-state index is 5.64. The second-order valence-electron chi connectivity index (χ2n) is 4.75. The first-order valence-corrected chi connectivity index (χ1v) is 6.22. The number of morpholine rings is 1. The van der Waals surface area contributed by atoms with E-state index < -0.39 is 0 Å². The number of ether oxygens (including phenoxy) is 1. The van der Waals surface area contributed by atoms with E-state index in [0.717, 1.165) is 18.7 Å². The first-order valence-electron chi connectivity index (χ1n) is 6.22. The molecule has 2 aliphatic heterocycles. The molecule has 14 heavy (non-hydrogen) atoms. The zero-order valence-electron chi connectivity index (χ0n) is 9.54. The van der Waals surface area contributed by atoms with Crippen LogP contribution in [0.3, 0.4) is 0 Å². The second kappa shape index (κ2) is 4.63. The van der Waals surface area contributed by atoms with Crippen LogP contribution in [0, 0.1) is 0 Å². The van der Waals surface area contributed by atoms with Gasteiger partial charge < -0.3 is 4.74 Å². The summed E-state index contributed by atoms with van der Waals surface area (Å²) in [6, 6.07) is 1.58. The van der Waals surface area contributed by atoms with E-state index >= 15 is 0 Å². The van der Waals surface area contributed by atoms with Crippen molar-refractivity contribution in [1.29, 1.82) is 0 Å². The van der Waals surface area contributed by atoms with Crippen LogP contribution in [-0.2, 0) is 4.74 Å². The average molecular weight is 197 g/mol. The quantitative estimate of drug-likeness (QED) is 0.671. The molecule has 2 nitrogen and oxygen atoms in total. The van der Waals surface area contributed by atoms with E-state index in [1.807, 2.05) is 0 Å². The molecule has 0 saturated carbocycles. The van der Waals surface area contributed by atoms with Crippen LogP contribution in [0.1, 0.15) is 46.0 Å². The Bertz CT molecular complexity index is 183. The Labute approximate surface area is 87.6 Å². The van der Waals surface area contributed by atoms with Crippen molar-refractivity contribution in [3.8, 4) is 0 Å². The molecule has 3 atom stereocenters. The van der Waals surface area contributed by atoms with Gasteiger partial charge in [0, 0.05) is 18.6 Å². The maximum Gasteiger partial charge on any atom is 0.0718 e. The van der Waals surface area contributed by atoms with Crippen LogP contribution in [0.25, 0.3) is 0 Å². The van der Waals surface area contributed by atoms with E-state index in [1.165, 1.54) is 38.6 Å². The zero-order chi connectivity index (χ0) is 9.97. The van der Waals surface area contributed by atoms with Crippen molar-refractivity contribution in [1.82, 2.24) is 4.90 Å². The second-order valence-corrected chi connectivity index (χ2v) is 4.75. The standard InChI is InChI=1S/C12H23NO/c1-3-5-6-10(4-2)13-8-12-7-11(13)9-14-12/h10-12H,3-9H2,1-2H3. The minimum Gasteiger partial charge on any atom is -0.375 e. The molecular formula is C12H23NO. The highest BCUT2D eigenvalue weighted by atomic mass is 16.5. The van der Waals surface area contributed by atoms with Crippen LogP contribution < -0.4 is 0 Å². The smallest absolute Gasteiger partial charge is 0.0718 e. The molecule has 0 aliphatic carbocycles. The van der Waals surface area contributed by atoms with Crippen molar-refractivity contribution in [3.05, 3.63) is 0 Å². The van der Waals surface area contributed by atoms with Gasteiger partial charge in [-0.3, -0.25) is 4.90 Å². The van der Waals surface area contributed by atoms with E-state index in [4.69, 9.17) is 4.74 Å². The molecule has 2 heterocycles. The van der Waals surface area contributed by atoms with Crippen molar-refractivity contribution in [3.63, 3.8) is 0 Å². The van der Waals surface area contributed by atoms with Crippen LogP contribution in [0.2, 0.25) is 0 Å². The summed E-state index contributed by atoms with van der Waals surface area (Å²) in [5, 5.41) is 0. The fourth-order valence-electron chi connectivity index (χ4n) is 2.92. The molecule has 0 amide bonds. The molecule has 0 spiro atoms. The molecule has 82 valence electrons. The monoisotopic (exact) mass is 197 g/mol. The first kappa shape index (κ1) is 10.4. The van der Waals surface area contributed by atoms with Crippen molar-refractivity contribution in [2.75, 3.05) is 13.2 Å². The number of fused-ring (bicyclic) bond motifs is 2. The van der Waals surface area contributed by atoms with Crippen molar-refractivity contribution >= 4 is 0 Å². The van der Waals surface area contributed by atoms with E-state index in [0.29, 0.717) is 6.10 Å². The largest absolute Gasteiger partial charge is 0.375 e. The van der Waals surface area contributed by atoms with Gasteiger partial charge in [-0.2, -0.15) is 0 Å². The highest BCUT2D eigenvalue weighted by molar-refractivity contribution is 4.94. The van der Waals surface area contributed by atoms with Gasteiger partial charge in [0.2, 0.25) is 0 Å². The minimum absolute atomic E-state index is 0.565. The summed E-state index contributed by atoms with van der Waals surface area (Å²) >= 11 is 0. The molecular weight excluding hydrogens is 174 g/mol. The van der Waals surface area contributed by atoms with Crippen LogP contribution in [0.4, 0.5) is 0 Å². The summed E-state index contributed by atoms with van der Waals surface area (Å²) in [6.07, 6.45) is 7.26. The molecule has 2 saturated heterocycles. The highest BCUT2D eigenvalue weighted by Crippen LogP contribution is 2.31. The third kappa shape index (κ3) is 1.96. The van der Waals surface area contributed by atoms with E-state index in [9.17, 15) is 0 Å². The van der Waals surface area contributed by atoms with Gasteiger partial charge in [-0.15, -0.1) is 0 Å². The Balaban J connectivity index is 1.85. The van der Waals surface area contributed by atoms with Gasteiger partial charge in [-0.25, -0.2) is 0 Å². The normalized spacial score (nSPS) is 33.9. The summed E-state index contributed by atoms with van der Waals surface area (Å²) in [5.41, 5.74) is 0. The molecule has 0 aromatic rings. The first-order chi connectivity index (χ1) is 6.85. The Morgan fingerprint density at radius 1 is 1.43 bits per heavy atom. The van der Waals surface area contributed by atoms with Gasteiger partial charge in [-0.05, 0) is 19.3 Å². The third-order valence-corrected chi connectivity index (χ3v) is 3.77. The number of hydrogen-bond acceptors (Lipinski definition) is 2. The van der Waals surface area contributed by atoms with Gasteiger partial charge in [0.1, 0.15) is 0 Å². The fourth-order valence-corrected chi connectivity index (χ4v) is 2.92. The van der Waals surface area contributed by atoms with Crippen LogP contribution in [-0.4, -0.2) is 36.2 Å². The molecule has 0 N–H and O–H groups in total. The van der Waals surface area contributed by atoms with Crippen LogP contribution in [0.15, 0.2) is 0 Å². The average Bonchev–Trinajstić information content (AvgIpc) is 2.80. The van der Waals surface area contributed by atoms with Crippen molar-refractivity contribution in [2.45, 2.75) is 64.1 Å². The Kier molecular flexibility index (Phi) is 3.45. The lowest BCUT2D eigenvalue weighted by Crippen LogP contribution is -2.43. The SMILES string of the molecule is CCCCC(CC)N1CC2CC1CO2. The lowest BCUT2D eigenvalue weighted by Gasteiger charge is -2.34. The van der Waals surface area contributed by atoms with Gasteiger partial charge in [0.05, 0.1) is 12.7 Å². The van der Waals surface area contributed by atoms with Crippen LogP contribution in [0.5, 0.6) is 0 Å². The van der Waals surface area contributed by atoms with Crippen LogP contribution >= 0.6 is 0 Å². The molecule has 0 aromatic carbocycles. The Hall–Kier alpha value is -0.0800. The summed E-state index contributed by atoms with van der Waals surface area (Å²) in [4.78, 5) is 2.71. The van der Waals surface area contributed by atoms with E-state index in [-0.39, 0.29) is 0 Å². The maximum atomic E-state index is 5.64. The summed E-state index contributed by atoms with van der Waals surface area (Å²) < 4.78 is 5.64.